The number of hydrogen-bond donors (Lipinski definition) is 1. The molecule has 0 amide bonds. The van der Waals surface area contributed by atoms with Crippen LogP contribution < -0.4 is 0 Å². The quantitative estimate of drug-likeness (QED) is 0.917. The molecular formula is C15H17BrFNO2. The fourth-order valence-electron chi connectivity index (χ4n) is 3.77. The van der Waals surface area contributed by atoms with Crippen molar-refractivity contribution >= 4 is 21.9 Å². The zero-order valence-corrected chi connectivity index (χ0v) is 12.7. The molecule has 5 heteroatoms. The summed E-state index contributed by atoms with van der Waals surface area (Å²) >= 11 is 3.27. The van der Waals surface area contributed by atoms with Crippen molar-refractivity contribution in [1.29, 1.82) is 0 Å². The minimum atomic E-state index is -0.666. The Balaban J connectivity index is 1.78. The van der Waals surface area contributed by atoms with E-state index in [4.69, 9.17) is 0 Å². The molecule has 1 saturated heterocycles. The maximum absolute atomic E-state index is 13.5. The molecule has 0 unspecified atom stereocenters. The summed E-state index contributed by atoms with van der Waals surface area (Å²) in [6, 6.07) is 5.00. The number of carboxylic acids is 1. The molecule has 1 N–H and O–H groups in total. The highest BCUT2D eigenvalue weighted by atomic mass is 79.9. The van der Waals surface area contributed by atoms with Crippen molar-refractivity contribution in [3.05, 3.63) is 34.1 Å². The van der Waals surface area contributed by atoms with Gasteiger partial charge in [-0.25, -0.2) is 4.39 Å². The van der Waals surface area contributed by atoms with Crippen molar-refractivity contribution in [3.63, 3.8) is 0 Å². The van der Waals surface area contributed by atoms with Gasteiger partial charge in [-0.15, -0.1) is 0 Å². The second kappa shape index (κ2) is 5.11. The summed E-state index contributed by atoms with van der Waals surface area (Å²) in [6.45, 7) is 1.98. The summed E-state index contributed by atoms with van der Waals surface area (Å²) < 4.78 is 14.0. The van der Waals surface area contributed by atoms with Crippen LogP contribution >= 0.6 is 15.9 Å². The van der Waals surface area contributed by atoms with Crippen LogP contribution in [-0.4, -0.2) is 29.1 Å². The van der Waals surface area contributed by atoms with Crippen LogP contribution in [0.2, 0.25) is 0 Å². The molecule has 0 radical (unpaired) electrons. The number of carboxylic acid groups (broad SMARTS) is 1. The Kier molecular flexibility index (Phi) is 3.58. The van der Waals surface area contributed by atoms with Crippen molar-refractivity contribution in [3.8, 4) is 0 Å². The highest BCUT2D eigenvalue weighted by molar-refractivity contribution is 9.10. The normalized spacial score (nSPS) is 29.6. The van der Waals surface area contributed by atoms with Gasteiger partial charge >= 0.3 is 5.97 Å². The monoisotopic (exact) mass is 341 g/mol. The fraction of sp³-hybridized carbons (Fsp3) is 0.533. The number of benzene rings is 1. The second-order valence-electron chi connectivity index (χ2n) is 5.93. The number of nitrogens with zero attached hydrogens (tertiary/aromatic N) is 1. The minimum Gasteiger partial charge on any atom is -0.481 e. The molecule has 1 heterocycles. The van der Waals surface area contributed by atoms with Gasteiger partial charge in [-0.2, -0.15) is 0 Å². The predicted molar refractivity (Wildman–Crippen MR) is 76.8 cm³/mol. The zero-order chi connectivity index (χ0) is 14.3. The maximum atomic E-state index is 13.5. The van der Waals surface area contributed by atoms with Gasteiger partial charge in [-0.3, -0.25) is 9.69 Å². The lowest BCUT2D eigenvalue weighted by Gasteiger charge is -2.23. The lowest BCUT2D eigenvalue weighted by atomic mass is 9.81. The van der Waals surface area contributed by atoms with Gasteiger partial charge in [0.1, 0.15) is 5.82 Å². The van der Waals surface area contributed by atoms with Crippen molar-refractivity contribution in [1.82, 2.24) is 4.90 Å². The van der Waals surface area contributed by atoms with Crippen LogP contribution in [0.5, 0.6) is 0 Å². The van der Waals surface area contributed by atoms with Crippen molar-refractivity contribution in [2.75, 3.05) is 13.1 Å². The van der Waals surface area contributed by atoms with E-state index >= 15 is 0 Å². The summed E-state index contributed by atoms with van der Waals surface area (Å²) in [5.41, 5.74) is 0.310. The van der Waals surface area contributed by atoms with Gasteiger partial charge in [0, 0.05) is 19.6 Å². The lowest BCUT2D eigenvalue weighted by Crippen LogP contribution is -2.35. The molecule has 1 aromatic rings. The average molecular weight is 342 g/mol. The van der Waals surface area contributed by atoms with E-state index in [-0.39, 0.29) is 11.7 Å². The van der Waals surface area contributed by atoms with Crippen LogP contribution in [0.15, 0.2) is 22.7 Å². The summed E-state index contributed by atoms with van der Waals surface area (Å²) in [5.74, 6) is -0.692. The third-order valence-electron chi connectivity index (χ3n) is 4.79. The molecule has 1 aliphatic carbocycles. The molecule has 108 valence electrons. The van der Waals surface area contributed by atoms with E-state index in [2.05, 4.69) is 20.8 Å². The Bertz CT molecular complexity index is 551. The van der Waals surface area contributed by atoms with Crippen LogP contribution in [0.4, 0.5) is 4.39 Å². The Morgan fingerprint density at radius 3 is 3.05 bits per heavy atom. The molecule has 3 rings (SSSR count). The Labute approximate surface area is 125 Å². The molecule has 1 aromatic carbocycles. The third kappa shape index (κ3) is 2.17. The number of hydrogen-bond acceptors (Lipinski definition) is 2. The van der Waals surface area contributed by atoms with Crippen molar-refractivity contribution in [2.45, 2.75) is 25.8 Å². The number of halogens is 2. The summed E-state index contributed by atoms with van der Waals surface area (Å²) in [5, 5.41) is 9.56. The lowest BCUT2D eigenvalue weighted by molar-refractivity contribution is -0.149. The van der Waals surface area contributed by atoms with Gasteiger partial charge in [0.2, 0.25) is 0 Å². The highest BCUT2D eigenvalue weighted by Crippen LogP contribution is 2.49. The number of aliphatic carboxylic acids is 1. The molecule has 1 aliphatic heterocycles. The van der Waals surface area contributed by atoms with E-state index in [0.29, 0.717) is 17.6 Å². The summed E-state index contributed by atoms with van der Waals surface area (Å²) in [4.78, 5) is 13.8. The van der Waals surface area contributed by atoms with Gasteiger partial charge in [-0.1, -0.05) is 18.6 Å². The first-order valence-corrected chi connectivity index (χ1v) is 7.71. The largest absolute Gasteiger partial charge is 0.481 e. The highest BCUT2D eigenvalue weighted by Gasteiger charge is 2.54. The first-order chi connectivity index (χ1) is 9.53. The molecule has 20 heavy (non-hydrogen) atoms. The molecule has 1 saturated carbocycles. The number of likely N-dealkylation sites (tertiary alicyclic amines) is 1. The molecule has 2 atom stereocenters. The Hall–Kier alpha value is -0.940. The van der Waals surface area contributed by atoms with Gasteiger partial charge in [0.15, 0.2) is 0 Å². The molecular weight excluding hydrogens is 325 g/mol. The van der Waals surface area contributed by atoms with Crippen LogP contribution in [0.3, 0.4) is 0 Å². The van der Waals surface area contributed by atoms with E-state index in [1.807, 2.05) is 6.07 Å². The van der Waals surface area contributed by atoms with Crippen LogP contribution in [-0.2, 0) is 11.3 Å². The van der Waals surface area contributed by atoms with E-state index < -0.39 is 11.4 Å². The van der Waals surface area contributed by atoms with E-state index in [1.165, 1.54) is 6.07 Å². The fourth-order valence-corrected chi connectivity index (χ4v) is 4.16. The second-order valence-corrected chi connectivity index (χ2v) is 6.73. The molecule has 0 aromatic heterocycles. The van der Waals surface area contributed by atoms with Crippen LogP contribution in [0.1, 0.15) is 24.8 Å². The predicted octanol–water partition coefficient (Wildman–Crippen LogP) is 3.27. The average Bonchev–Trinajstić information content (AvgIpc) is 2.92. The topological polar surface area (TPSA) is 40.5 Å². The molecule has 2 aliphatic rings. The smallest absolute Gasteiger partial charge is 0.311 e. The van der Waals surface area contributed by atoms with Gasteiger partial charge < -0.3 is 5.11 Å². The molecule has 2 fully saturated rings. The first-order valence-electron chi connectivity index (χ1n) is 6.91. The molecule has 0 bridgehead atoms. The van der Waals surface area contributed by atoms with Gasteiger partial charge in [0.25, 0.3) is 0 Å². The SMILES string of the molecule is O=C(O)[C@@]12CCC[C@H]1CN(Cc1cccc(F)c1Br)C2. The van der Waals surface area contributed by atoms with E-state index in [0.717, 1.165) is 31.4 Å². The summed E-state index contributed by atoms with van der Waals surface area (Å²) in [6.07, 6.45) is 2.77. The first kappa shape index (κ1) is 14.0. The Morgan fingerprint density at radius 1 is 1.55 bits per heavy atom. The Morgan fingerprint density at radius 2 is 2.35 bits per heavy atom. The molecule has 3 nitrogen and oxygen atoms in total. The number of carbonyl (C=O) groups is 1. The third-order valence-corrected chi connectivity index (χ3v) is 5.68. The van der Waals surface area contributed by atoms with Crippen molar-refractivity contribution < 1.29 is 14.3 Å². The van der Waals surface area contributed by atoms with E-state index in [9.17, 15) is 14.3 Å². The number of rotatable bonds is 3. The summed E-state index contributed by atoms with van der Waals surface area (Å²) in [7, 11) is 0. The van der Waals surface area contributed by atoms with Gasteiger partial charge in [0.05, 0.1) is 9.89 Å². The zero-order valence-electron chi connectivity index (χ0n) is 11.1. The molecule has 0 spiro atoms. The van der Waals surface area contributed by atoms with Gasteiger partial charge in [-0.05, 0) is 46.3 Å². The van der Waals surface area contributed by atoms with Crippen molar-refractivity contribution in [2.24, 2.45) is 11.3 Å². The number of fused-ring (bicyclic) bond motifs is 1. The van der Waals surface area contributed by atoms with Crippen LogP contribution in [0.25, 0.3) is 0 Å². The standard InChI is InChI=1S/C15H17BrFNO2/c16-13-10(3-1-5-12(13)17)7-18-8-11-4-2-6-15(11,9-18)14(19)20/h1,3,5,11H,2,4,6-9H2,(H,19,20)/t11-,15+/m0/s1. The minimum absolute atomic E-state index is 0.243. The van der Waals surface area contributed by atoms with Crippen LogP contribution in [0, 0.1) is 17.2 Å². The maximum Gasteiger partial charge on any atom is 0.311 e. The van der Waals surface area contributed by atoms with E-state index in [1.54, 1.807) is 6.07 Å².